The van der Waals surface area contributed by atoms with Crippen molar-refractivity contribution in [2.24, 2.45) is 0 Å². The van der Waals surface area contributed by atoms with E-state index < -0.39 is 0 Å². The third-order valence-electron chi connectivity index (χ3n) is 4.08. The van der Waals surface area contributed by atoms with Crippen LogP contribution in [-0.4, -0.2) is 27.1 Å². The fourth-order valence-corrected chi connectivity index (χ4v) is 3.98. The van der Waals surface area contributed by atoms with Gasteiger partial charge in [-0.3, -0.25) is 4.98 Å². The molecule has 3 aromatic rings. The van der Waals surface area contributed by atoms with Crippen molar-refractivity contribution in [2.45, 2.75) is 11.7 Å². The highest BCUT2D eigenvalue weighted by Gasteiger charge is 2.25. The van der Waals surface area contributed by atoms with Crippen LogP contribution < -0.4 is 9.47 Å². The van der Waals surface area contributed by atoms with Crippen LogP contribution in [0.5, 0.6) is 11.5 Å². The van der Waals surface area contributed by atoms with Gasteiger partial charge >= 0.3 is 0 Å². The molecule has 0 amide bonds. The van der Waals surface area contributed by atoms with Crippen molar-refractivity contribution in [1.29, 1.82) is 0 Å². The Hall–Kier alpha value is -2.47. The van der Waals surface area contributed by atoms with E-state index in [2.05, 4.69) is 15.6 Å². The number of pyridine rings is 1. The Morgan fingerprint density at radius 2 is 1.87 bits per heavy atom. The molecule has 2 aliphatic rings. The van der Waals surface area contributed by atoms with Crippen LogP contribution in [0, 0.1) is 0 Å². The highest BCUT2D eigenvalue weighted by atomic mass is 32.2. The summed E-state index contributed by atoms with van der Waals surface area (Å²) in [5.74, 6) is 2.66. The second-order valence-corrected chi connectivity index (χ2v) is 6.46. The van der Waals surface area contributed by atoms with Crippen LogP contribution in [0.15, 0.2) is 47.9 Å². The number of hydrogen-bond donors (Lipinski definition) is 0. The second kappa shape index (κ2) is 5.03. The van der Waals surface area contributed by atoms with Gasteiger partial charge in [-0.05, 0) is 30.3 Å². The molecule has 0 saturated carbocycles. The molecule has 2 aromatic heterocycles. The molecule has 2 aliphatic heterocycles. The van der Waals surface area contributed by atoms with E-state index in [1.54, 1.807) is 24.2 Å². The second-order valence-electron chi connectivity index (χ2n) is 5.40. The summed E-state index contributed by atoms with van der Waals surface area (Å²) >= 11 is 1.80. The van der Waals surface area contributed by atoms with Crippen molar-refractivity contribution in [3.63, 3.8) is 0 Å². The Morgan fingerprint density at radius 3 is 2.78 bits per heavy atom. The lowest BCUT2D eigenvalue weighted by Gasteiger charge is -2.09. The van der Waals surface area contributed by atoms with Crippen LogP contribution in [0.3, 0.4) is 0 Å². The number of imidazole rings is 1. The van der Waals surface area contributed by atoms with Gasteiger partial charge < -0.3 is 14.0 Å². The van der Waals surface area contributed by atoms with E-state index in [0.717, 1.165) is 51.5 Å². The predicted molar refractivity (Wildman–Crippen MR) is 87.7 cm³/mol. The number of fused-ring (bicyclic) bond motifs is 2. The topological polar surface area (TPSA) is 49.2 Å². The molecule has 5 rings (SSSR count). The molecule has 0 N–H and O–H groups in total. The molecular weight excluding hydrogens is 310 g/mol. The van der Waals surface area contributed by atoms with Crippen LogP contribution in [0.2, 0.25) is 0 Å². The van der Waals surface area contributed by atoms with E-state index in [0.29, 0.717) is 0 Å². The molecular formula is C17H13N3O2S. The standard InChI is InChI=1S/C17H13N3O2S/c1-2-13-14(22-10-21-13)9-12(1)16-15(11-3-5-18-6-4-11)19-17-20(16)7-8-23-17/h1-6,9H,7-8,10H2. The van der Waals surface area contributed by atoms with Crippen molar-refractivity contribution in [3.8, 4) is 34.0 Å². The SMILES string of the molecule is c1cc(-c2nc3n(c2-c2ccc4c(c2)OCO4)CCS3)ccn1. The highest BCUT2D eigenvalue weighted by molar-refractivity contribution is 7.99. The molecule has 0 atom stereocenters. The monoisotopic (exact) mass is 323 g/mol. The van der Waals surface area contributed by atoms with E-state index in [-0.39, 0.29) is 6.79 Å². The number of ether oxygens (including phenoxy) is 2. The van der Waals surface area contributed by atoms with E-state index in [1.165, 1.54) is 0 Å². The maximum Gasteiger partial charge on any atom is 0.231 e. The first-order valence-electron chi connectivity index (χ1n) is 7.44. The number of benzene rings is 1. The van der Waals surface area contributed by atoms with Crippen molar-refractivity contribution < 1.29 is 9.47 Å². The summed E-state index contributed by atoms with van der Waals surface area (Å²) in [6, 6.07) is 10.1. The zero-order valence-corrected chi connectivity index (χ0v) is 13.0. The van der Waals surface area contributed by atoms with Gasteiger partial charge in [-0.1, -0.05) is 11.8 Å². The van der Waals surface area contributed by atoms with Crippen LogP contribution >= 0.6 is 11.8 Å². The van der Waals surface area contributed by atoms with Crippen LogP contribution in [0.25, 0.3) is 22.5 Å². The minimum Gasteiger partial charge on any atom is -0.454 e. The van der Waals surface area contributed by atoms with Crippen molar-refractivity contribution in [2.75, 3.05) is 12.5 Å². The summed E-state index contributed by atoms with van der Waals surface area (Å²) < 4.78 is 13.2. The first-order valence-corrected chi connectivity index (χ1v) is 8.42. The van der Waals surface area contributed by atoms with Crippen LogP contribution in [0.4, 0.5) is 0 Å². The van der Waals surface area contributed by atoms with Gasteiger partial charge in [0.05, 0.1) is 11.4 Å². The van der Waals surface area contributed by atoms with Crippen molar-refractivity contribution >= 4 is 11.8 Å². The number of rotatable bonds is 2. The molecule has 114 valence electrons. The zero-order valence-electron chi connectivity index (χ0n) is 12.2. The zero-order chi connectivity index (χ0) is 15.2. The fourth-order valence-electron chi connectivity index (χ4n) is 3.03. The minimum atomic E-state index is 0.288. The smallest absolute Gasteiger partial charge is 0.231 e. The average molecular weight is 323 g/mol. The fraction of sp³-hybridized carbons (Fsp3) is 0.176. The lowest BCUT2D eigenvalue weighted by molar-refractivity contribution is 0.174. The summed E-state index contributed by atoms with van der Waals surface area (Å²) in [6.45, 7) is 1.26. The van der Waals surface area contributed by atoms with Gasteiger partial charge in [0.25, 0.3) is 0 Å². The Bertz CT molecular complexity index is 892. The third kappa shape index (κ3) is 2.02. The number of nitrogens with zero attached hydrogens (tertiary/aromatic N) is 3. The van der Waals surface area contributed by atoms with Gasteiger partial charge in [0.2, 0.25) is 6.79 Å². The lowest BCUT2D eigenvalue weighted by atomic mass is 10.0. The van der Waals surface area contributed by atoms with Crippen molar-refractivity contribution in [1.82, 2.24) is 14.5 Å². The average Bonchev–Trinajstić information content (AvgIpc) is 3.30. The number of aromatic nitrogens is 3. The largest absolute Gasteiger partial charge is 0.454 e. The molecule has 23 heavy (non-hydrogen) atoms. The van der Waals surface area contributed by atoms with Gasteiger partial charge in [-0.25, -0.2) is 4.98 Å². The maximum absolute atomic E-state index is 5.54. The van der Waals surface area contributed by atoms with Gasteiger partial charge in [0, 0.05) is 35.8 Å². The van der Waals surface area contributed by atoms with E-state index in [9.17, 15) is 0 Å². The van der Waals surface area contributed by atoms with Gasteiger partial charge in [0.1, 0.15) is 0 Å². The van der Waals surface area contributed by atoms with Gasteiger partial charge in [-0.15, -0.1) is 0 Å². The first kappa shape index (κ1) is 13.0. The molecule has 0 saturated heterocycles. The Labute approximate surface area is 137 Å². The van der Waals surface area contributed by atoms with Crippen LogP contribution in [-0.2, 0) is 6.54 Å². The number of hydrogen-bond acceptors (Lipinski definition) is 5. The first-order chi connectivity index (χ1) is 11.4. The summed E-state index contributed by atoms with van der Waals surface area (Å²) in [5.41, 5.74) is 4.31. The molecule has 0 unspecified atom stereocenters. The molecule has 0 bridgehead atoms. The van der Waals surface area contributed by atoms with Gasteiger partial charge in [-0.2, -0.15) is 0 Å². The lowest BCUT2D eigenvalue weighted by Crippen LogP contribution is -1.97. The Balaban J connectivity index is 1.73. The minimum absolute atomic E-state index is 0.288. The van der Waals surface area contributed by atoms with E-state index in [4.69, 9.17) is 14.5 Å². The number of thioether (sulfide) groups is 1. The quantitative estimate of drug-likeness (QED) is 0.723. The summed E-state index contributed by atoms with van der Waals surface area (Å²) in [4.78, 5) is 8.96. The highest BCUT2D eigenvalue weighted by Crippen LogP contribution is 2.42. The summed E-state index contributed by atoms with van der Waals surface area (Å²) in [7, 11) is 0. The molecule has 0 aliphatic carbocycles. The molecule has 1 aromatic carbocycles. The van der Waals surface area contributed by atoms with Gasteiger partial charge in [0.15, 0.2) is 16.7 Å². The normalized spacial score (nSPS) is 15.0. The predicted octanol–water partition coefficient (Wildman–Crippen LogP) is 3.45. The summed E-state index contributed by atoms with van der Waals surface area (Å²) in [5, 5.41) is 1.07. The molecule has 6 heteroatoms. The Morgan fingerprint density at radius 1 is 1.00 bits per heavy atom. The maximum atomic E-state index is 5.54. The van der Waals surface area contributed by atoms with Crippen LogP contribution in [0.1, 0.15) is 0 Å². The molecule has 0 fully saturated rings. The molecule has 0 spiro atoms. The Kier molecular flexibility index (Phi) is 2.84. The van der Waals surface area contributed by atoms with E-state index in [1.807, 2.05) is 24.3 Å². The van der Waals surface area contributed by atoms with Crippen molar-refractivity contribution in [3.05, 3.63) is 42.7 Å². The molecule has 0 radical (unpaired) electrons. The molecule has 5 nitrogen and oxygen atoms in total. The van der Waals surface area contributed by atoms with E-state index >= 15 is 0 Å². The third-order valence-corrected chi connectivity index (χ3v) is 5.03. The summed E-state index contributed by atoms with van der Waals surface area (Å²) in [6.07, 6.45) is 3.60. The molecule has 4 heterocycles.